The Bertz CT molecular complexity index is 545. The number of hydrogen-bond donors (Lipinski definition) is 2. The molecule has 1 amide bonds. The van der Waals surface area contributed by atoms with E-state index in [2.05, 4.69) is 5.32 Å². The molecule has 5 nitrogen and oxygen atoms in total. The summed E-state index contributed by atoms with van der Waals surface area (Å²) >= 11 is 0. The van der Waals surface area contributed by atoms with E-state index in [4.69, 9.17) is 9.52 Å². The molecule has 18 heavy (non-hydrogen) atoms. The van der Waals surface area contributed by atoms with Crippen molar-refractivity contribution in [2.45, 2.75) is 31.3 Å². The van der Waals surface area contributed by atoms with Crippen molar-refractivity contribution in [1.82, 2.24) is 0 Å². The molecule has 1 aromatic carbocycles. The standard InChI is InChI=1S/C12H18N2O3S/c1-12(2,3)17-11(15)14-9-7-5-6-8-10(9)18(4,13)16/h5-8,13H,1-4H3,(H,14,15). The molecule has 6 heteroatoms. The lowest BCUT2D eigenvalue weighted by Gasteiger charge is -2.20. The second-order valence-corrected chi connectivity index (χ2v) is 7.09. The van der Waals surface area contributed by atoms with E-state index in [9.17, 15) is 9.00 Å². The highest BCUT2D eigenvalue weighted by molar-refractivity contribution is 7.91. The van der Waals surface area contributed by atoms with Gasteiger partial charge in [0.05, 0.1) is 20.3 Å². The Hall–Kier alpha value is -1.56. The van der Waals surface area contributed by atoms with E-state index in [-0.39, 0.29) is 4.90 Å². The van der Waals surface area contributed by atoms with Gasteiger partial charge in [0.1, 0.15) is 5.60 Å². The quantitative estimate of drug-likeness (QED) is 0.866. The molecule has 0 fully saturated rings. The number of nitrogens with one attached hydrogen (secondary N) is 2. The van der Waals surface area contributed by atoms with Crippen LogP contribution in [0.4, 0.5) is 10.5 Å². The van der Waals surface area contributed by atoms with Crippen molar-refractivity contribution >= 4 is 21.5 Å². The summed E-state index contributed by atoms with van der Waals surface area (Å²) in [7, 11) is -2.89. The SMILES string of the molecule is CC(C)(C)OC(=O)Nc1ccccc1S(C)(=N)=O. The molecule has 0 bridgehead atoms. The molecular formula is C12H18N2O3S. The van der Waals surface area contributed by atoms with Crippen molar-refractivity contribution in [2.24, 2.45) is 0 Å². The number of carbonyl (C=O) groups excluding carboxylic acids is 1. The third-order valence-corrected chi connectivity index (χ3v) is 3.14. The molecule has 2 N–H and O–H groups in total. The van der Waals surface area contributed by atoms with Gasteiger partial charge in [-0.05, 0) is 32.9 Å². The predicted octanol–water partition coefficient (Wildman–Crippen LogP) is 3.07. The molecule has 0 aliphatic rings. The Kier molecular flexibility index (Phi) is 4.01. The Morgan fingerprint density at radius 2 is 1.89 bits per heavy atom. The first-order valence-electron chi connectivity index (χ1n) is 5.42. The highest BCUT2D eigenvalue weighted by Gasteiger charge is 2.18. The summed E-state index contributed by atoms with van der Waals surface area (Å²) in [5.74, 6) is 0. The monoisotopic (exact) mass is 270 g/mol. The van der Waals surface area contributed by atoms with Crippen molar-refractivity contribution in [2.75, 3.05) is 11.6 Å². The maximum atomic E-state index is 11.8. The van der Waals surface area contributed by atoms with E-state index >= 15 is 0 Å². The van der Waals surface area contributed by atoms with Gasteiger partial charge in [0.25, 0.3) is 0 Å². The molecule has 1 unspecified atom stereocenters. The second-order valence-electron chi connectivity index (χ2n) is 4.97. The van der Waals surface area contributed by atoms with Gasteiger partial charge in [-0.2, -0.15) is 0 Å². The van der Waals surface area contributed by atoms with Gasteiger partial charge in [0.2, 0.25) is 0 Å². The summed E-state index contributed by atoms with van der Waals surface area (Å²) in [5, 5.41) is 2.51. The van der Waals surface area contributed by atoms with E-state index in [1.54, 1.807) is 45.0 Å². The summed E-state index contributed by atoms with van der Waals surface area (Å²) in [4.78, 5) is 11.9. The van der Waals surface area contributed by atoms with Crippen molar-refractivity contribution < 1.29 is 13.7 Å². The molecule has 1 aromatic rings. The average molecular weight is 270 g/mol. The maximum absolute atomic E-state index is 11.8. The fourth-order valence-corrected chi connectivity index (χ4v) is 2.20. The fourth-order valence-electron chi connectivity index (χ4n) is 1.32. The summed E-state index contributed by atoms with van der Waals surface area (Å²) in [6.45, 7) is 5.27. The normalized spacial score (nSPS) is 14.7. The van der Waals surface area contributed by atoms with Crippen LogP contribution in [0.1, 0.15) is 20.8 Å². The van der Waals surface area contributed by atoms with Gasteiger partial charge < -0.3 is 4.74 Å². The van der Waals surface area contributed by atoms with Gasteiger partial charge in [-0.3, -0.25) is 5.32 Å². The van der Waals surface area contributed by atoms with Crippen LogP contribution in [-0.2, 0) is 14.5 Å². The molecule has 0 spiro atoms. The highest BCUT2D eigenvalue weighted by atomic mass is 32.2. The molecule has 0 heterocycles. The van der Waals surface area contributed by atoms with E-state index < -0.39 is 21.4 Å². The first-order chi connectivity index (χ1) is 8.09. The number of anilines is 1. The minimum Gasteiger partial charge on any atom is -0.444 e. The zero-order valence-electron chi connectivity index (χ0n) is 10.9. The Balaban J connectivity index is 2.96. The molecule has 100 valence electrons. The number of para-hydroxylation sites is 1. The van der Waals surface area contributed by atoms with Crippen LogP contribution >= 0.6 is 0 Å². The van der Waals surface area contributed by atoms with Gasteiger partial charge in [-0.25, -0.2) is 13.8 Å². The Labute approximate surface area is 108 Å². The number of rotatable bonds is 2. The Morgan fingerprint density at radius 1 is 1.33 bits per heavy atom. The van der Waals surface area contributed by atoms with Crippen molar-refractivity contribution in [3.8, 4) is 0 Å². The van der Waals surface area contributed by atoms with Crippen LogP contribution in [0.5, 0.6) is 0 Å². The molecule has 0 aliphatic carbocycles. The fraction of sp³-hybridized carbons (Fsp3) is 0.417. The lowest BCUT2D eigenvalue weighted by atomic mass is 10.2. The zero-order valence-corrected chi connectivity index (χ0v) is 11.8. The number of benzene rings is 1. The van der Waals surface area contributed by atoms with Gasteiger partial charge >= 0.3 is 6.09 Å². The van der Waals surface area contributed by atoms with Crippen LogP contribution in [0.15, 0.2) is 29.2 Å². The predicted molar refractivity (Wildman–Crippen MR) is 71.4 cm³/mol. The third kappa shape index (κ3) is 4.37. The molecule has 0 saturated heterocycles. The van der Waals surface area contributed by atoms with Crippen LogP contribution in [0.3, 0.4) is 0 Å². The van der Waals surface area contributed by atoms with Crippen LogP contribution < -0.4 is 5.32 Å². The number of amides is 1. The van der Waals surface area contributed by atoms with Crippen LogP contribution in [0.2, 0.25) is 0 Å². The average Bonchev–Trinajstić information content (AvgIpc) is 2.13. The minimum atomic E-state index is -2.89. The van der Waals surface area contributed by atoms with E-state index in [1.165, 1.54) is 6.26 Å². The molecule has 0 saturated carbocycles. The van der Waals surface area contributed by atoms with Crippen molar-refractivity contribution in [3.05, 3.63) is 24.3 Å². The lowest BCUT2D eigenvalue weighted by molar-refractivity contribution is 0.0635. The minimum absolute atomic E-state index is 0.288. The molecular weight excluding hydrogens is 252 g/mol. The number of hydrogen-bond acceptors (Lipinski definition) is 4. The van der Waals surface area contributed by atoms with Gasteiger partial charge in [0, 0.05) is 6.26 Å². The lowest BCUT2D eigenvalue weighted by Crippen LogP contribution is -2.27. The summed E-state index contributed by atoms with van der Waals surface area (Å²) < 4.78 is 24.4. The molecule has 1 rings (SSSR count). The van der Waals surface area contributed by atoms with E-state index in [0.717, 1.165) is 0 Å². The van der Waals surface area contributed by atoms with Crippen molar-refractivity contribution in [1.29, 1.82) is 4.78 Å². The Morgan fingerprint density at radius 3 is 2.39 bits per heavy atom. The zero-order chi connectivity index (χ0) is 14.0. The van der Waals surface area contributed by atoms with Crippen LogP contribution in [0.25, 0.3) is 0 Å². The largest absolute Gasteiger partial charge is 0.444 e. The van der Waals surface area contributed by atoms with Crippen LogP contribution in [-0.4, -0.2) is 22.2 Å². The smallest absolute Gasteiger partial charge is 0.412 e. The summed E-state index contributed by atoms with van der Waals surface area (Å²) in [5.41, 5.74) is -0.262. The maximum Gasteiger partial charge on any atom is 0.412 e. The van der Waals surface area contributed by atoms with Gasteiger partial charge in [0.15, 0.2) is 0 Å². The van der Waals surface area contributed by atoms with E-state index in [0.29, 0.717) is 5.69 Å². The van der Waals surface area contributed by atoms with E-state index in [1.807, 2.05) is 0 Å². The summed E-state index contributed by atoms with van der Waals surface area (Å²) in [6, 6.07) is 6.52. The number of ether oxygens (including phenoxy) is 1. The molecule has 0 aromatic heterocycles. The molecule has 0 radical (unpaired) electrons. The van der Waals surface area contributed by atoms with Crippen LogP contribution in [0, 0.1) is 4.78 Å². The van der Waals surface area contributed by atoms with Crippen molar-refractivity contribution in [3.63, 3.8) is 0 Å². The summed E-state index contributed by atoms with van der Waals surface area (Å²) in [6.07, 6.45) is 0.682. The van der Waals surface area contributed by atoms with Gasteiger partial charge in [-0.1, -0.05) is 12.1 Å². The molecule has 0 aliphatic heterocycles. The second kappa shape index (κ2) is 4.97. The topological polar surface area (TPSA) is 79.2 Å². The molecule has 1 atom stereocenters. The van der Waals surface area contributed by atoms with Gasteiger partial charge in [-0.15, -0.1) is 0 Å². The first-order valence-corrected chi connectivity index (χ1v) is 7.39. The highest BCUT2D eigenvalue weighted by Crippen LogP contribution is 2.21. The third-order valence-electron chi connectivity index (χ3n) is 1.94. The number of carbonyl (C=O) groups is 1. The first kappa shape index (κ1) is 14.5.